The van der Waals surface area contributed by atoms with Crippen molar-refractivity contribution in [1.82, 2.24) is 30.0 Å². The zero-order valence-corrected chi connectivity index (χ0v) is 21.2. The average Bonchev–Trinajstić information content (AvgIpc) is 3.57. The van der Waals surface area contributed by atoms with Gasteiger partial charge in [-0.25, -0.2) is 9.97 Å². The van der Waals surface area contributed by atoms with E-state index in [1.54, 1.807) is 13.0 Å². The molecule has 1 aromatic carbocycles. The zero-order chi connectivity index (χ0) is 24.9. The molecular formula is C27H37N7O2. The summed E-state index contributed by atoms with van der Waals surface area (Å²) < 4.78 is 0. The fraction of sp³-hybridized carbons (Fsp3) is 0.556. The van der Waals surface area contributed by atoms with Gasteiger partial charge in [0.2, 0.25) is 5.91 Å². The molecular weight excluding hydrogens is 454 g/mol. The Kier molecular flexibility index (Phi) is 7.77. The van der Waals surface area contributed by atoms with Crippen LogP contribution in [-0.2, 0) is 17.9 Å². The molecule has 4 heterocycles. The van der Waals surface area contributed by atoms with E-state index < -0.39 is 0 Å². The Labute approximate surface area is 213 Å². The molecule has 0 radical (unpaired) electrons. The van der Waals surface area contributed by atoms with E-state index in [9.17, 15) is 9.59 Å². The Morgan fingerprint density at radius 3 is 2.39 bits per heavy atom. The minimum absolute atomic E-state index is 0.121. The quantitative estimate of drug-likeness (QED) is 0.584. The van der Waals surface area contributed by atoms with Gasteiger partial charge in [0.25, 0.3) is 5.91 Å². The van der Waals surface area contributed by atoms with Gasteiger partial charge in [-0.05, 0) is 49.9 Å². The number of hydrogen-bond acceptors (Lipinski definition) is 7. The van der Waals surface area contributed by atoms with Gasteiger partial charge in [-0.15, -0.1) is 0 Å². The van der Waals surface area contributed by atoms with Gasteiger partial charge in [-0.1, -0.05) is 24.3 Å². The number of nitrogens with one attached hydrogen (secondary N) is 2. The molecule has 3 aliphatic rings. The number of amides is 2. The van der Waals surface area contributed by atoms with Gasteiger partial charge < -0.3 is 15.5 Å². The van der Waals surface area contributed by atoms with Crippen LogP contribution >= 0.6 is 0 Å². The lowest BCUT2D eigenvalue weighted by Crippen LogP contribution is -2.48. The van der Waals surface area contributed by atoms with Crippen LogP contribution in [0.5, 0.6) is 0 Å². The van der Waals surface area contributed by atoms with Crippen molar-refractivity contribution < 1.29 is 9.59 Å². The van der Waals surface area contributed by atoms with E-state index in [2.05, 4.69) is 54.7 Å². The van der Waals surface area contributed by atoms with Crippen LogP contribution in [0.1, 0.15) is 54.2 Å². The molecule has 2 fully saturated rings. The van der Waals surface area contributed by atoms with Gasteiger partial charge in [-0.2, -0.15) is 0 Å². The molecule has 2 amide bonds. The summed E-state index contributed by atoms with van der Waals surface area (Å²) in [6.07, 6.45) is 5.61. The van der Waals surface area contributed by atoms with Gasteiger partial charge in [0.15, 0.2) is 0 Å². The number of carbonyl (C=O) groups excluding carboxylic acids is 2. The molecule has 0 saturated carbocycles. The second-order valence-electron chi connectivity index (χ2n) is 10.3. The first-order valence-corrected chi connectivity index (χ1v) is 13.2. The Morgan fingerprint density at radius 1 is 1.03 bits per heavy atom. The molecule has 9 nitrogen and oxygen atoms in total. The number of benzene rings is 1. The molecule has 192 valence electrons. The van der Waals surface area contributed by atoms with Gasteiger partial charge in [0, 0.05) is 64.3 Å². The summed E-state index contributed by atoms with van der Waals surface area (Å²) in [6, 6.07) is 10.9. The molecule has 0 spiro atoms. The van der Waals surface area contributed by atoms with Gasteiger partial charge >= 0.3 is 0 Å². The van der Waals surface area contributed by atoms with Crippen molar-refractivity contribution in [1.29, 1.82) is 0 Å². The normalized spacial score (nSPS) is 19.8. The maximum absolute atomic E-state index is 13.0. The largest absolute Gasteiger partial charge is 0.367 e. The predicted molar refractivity (Wildman–Crippen MR) is 138 cm³/mol. The standard InChI is InChI=1S/C27H37N7O2/c1-20(35)33-12-8-23(9-13-33)31-26-14-25(29-19-30-26)27(36)28-15-24(34-10-4-5-11-34)18-32-16-21-6-2-3-7-22(21)17-32/h2-3,6-7,14,19,23-24H,4-5,8-13,15-18H2,1H3,(H,28,36)(H,29,30,31). The van der Waals surface area contributed by atoms with E-state index >= 15 is 0 Å². The third-order valence-electron chi connectivity index (χ3n) is 7.72. The van der Waals surface area contributed by atoms with E-state index in [4.69, 9.17) is 0 Å². The lowest BCUT2D eigenvalue weighted by molar-refractivity contribution is -0.129. The highest BCUT2D eigenvalue weighted by Gasteiger charge is 2.28. The number of carbonyl (C=O) groups is 2. The minimum atomic E-state index is -0.166. The average molecular weight is 492 g/mol. The number of fused-ring (bicyclic) bond motifs is 1. The molecule has 5 rings (SSSR count). The summed E-state index contributed by atoms with van der Waals surface area (Å²) in [5.41, 5.74) is 3.20. The molecule has 0 aliphatic carbocycles. The van der Waals surface area contributed by atoms with Crippen LogP contribution in [0.4, 0.5) is 5.82 Å². The molecule has 1 atom stereocenters. The molecule has 3 aliphatic heterocycles. The number of aromatic nitrogens is 2. The number of hydrogen-bond donors (Lipinski definition) is 2. The summed E-state index contributed by atoms with van der Waals surface area (Å²) in [5, 5.41) is 6.57. The molecule has 36 heavy (non-hydrogen) atoms. The van der Waals surface area contributed by atoms with Crippen molar-refractivity contribution in [2.24, 2.45) is 0 Å². The number of rotatable bonds is 8. The lowest BCUT2D eigenvalue weighted by Gasteiger charge is -2.32. The molecule has 1 aromatic heterocycles. The SMILES string of the molecule is CC(=O)N1CCC(Nc2cc(C(=O)NCC(CN3Cc4ccccc4C3)N3CCCC3)ncn2)CC1. The summed E-state index contributed by atoms with van der Waals surface area (Å²) in [4.78, 5) is 40.0. The number of likely N-dealkylation sites (tertiary alicyclic amines) is 2. The molecule has 1 unspecified atom stereocenters. The van der Waals surface area contributed by atoms with Gasteiger partial charge in [0.1, 0.15) is 17.8 Å². The van der Waals surface area contributed by atoms with E-state index in [1.165, 1.54) is 30.3 Å². The predicted octanol–water partition coefficient (Wildman–Crippen LogP) is 2.11. The van der Waals surface area contributed by atoms with Crippen molar-refractivity contribution in [2.45, 2.75) is 57.8 Å². The third kappa shape index (κ3) is 6.02. The van der Waals surface area contributed by atoms with Crippen LogP contribution in [0.15, 0.2) is 36.7 Å². The smallest absolute Gasteiger partial charge is 0.270 e. The highest BCUT2D eigenvalue weighted by atomic mass is 16.2. The van der Waals surface area contributed by atoms with Gasteiger partial charge in [0.05, 0.1) is 0 Å². The van der Waals surface area contributed by atoms with Crippen LogP contribution in [0.3, 0.4) is 0 Å². The monoisotopic (exact) mass is 491 g/mol. The Morgan fingerprint density at radius 2 is 1.72 bits per heavy atom. The van der Waals surface area contributed by atoms with E-state index in [0.717, 1.165) is 58.7 Å². The maximum atomic E-state index is 13.0. The second-order valence-corrected chi connectivity index (χ2v) is 10.3. The number of nitrogens with zero attached hydrogens (tertiary/aromatic N) is 5. The number of piperidine rings is 1. The first-order valence-electron chi connectivity index (χ1n) is 13.2. The second kappa shape index (κ2) is 11.3. The third-order valence-corrected chi connectivity index (χ3v) is 7.72. The van der Waals surface area contributed by atoms with Crippen molar-refractivity contribution in [3.05, 3.63) is 53.5 Å². The first kappa shape index (κ1) is 24.6. The van der Waals surface area contributed by atoms with Crippen LogP contribution in [0, 0.1) is 0 Å². The van der Waals surface area contributed by atoms with Crippen molar-refractivity contribution in [2.75, 3.05) is 44.6 Å². The van der Waals surface area contributed by atoms with E-state index in [-0.39, 0.29) is 23.9 Å². The van der Waals surface area contributed by atoms with Crippen LogP contribution in [0.25, 0.3) is 0 Å². The summed E-state index contributed by atoms with van der Waals surface area (Å²) in [7, 11) is 0. The lowest BCUT2D eigenvalue weighted by atomic mass is 10.1. The molecule has 2 N–H and O–H groups in total. The molecule has 2 aromatic rings. The zero-order valence-electron chi connectivity index (χ0n) is 21.2. The first-order chi connectivity index (χ1) is 17.5. The fourth-order valence-electron chi connectivity index (χ4n) is 5.66. The Balaban J connectivity index is 1.16. The van der Waals surface area contributed by atoms with Crippen LogP contribution < -0.4 is 10.6 Å². The minimum Gasteiger partial charge on any atom is -0.367 e. The maximum Gasteiger partial charge on any atom is 0.270 e. The Bertz CT molecular complexity index is 1040. The topological polar surface area (TPSA) is 93.7 Å². The highest BCUT2D eigenvalue weighted by molar-refractivity contribution is 5.92. The van der Waals surface area contributed by atoms with Crippen molar-refractivity contribution in [3.63, 3.8) is 0 Å². The van der Waals surface area contributed by atoms with Crippen molar-refractivity contribution in [3.8, 4) is 0 Å². The summed E-state index contributed by atoms with van der Waals surface area (Å²) >= 11 is 0. The van der Waals surface area contributed by atoms with E-state index in [0.29, 0.717) is 18.1 Å². The summed E-state index contributed by atoms with van der Waals surface area (Å²) in [6.45, 7) is 8.75. The summed E-state index contributed by atoms with van der Waals surface area (Å²) in [5.74, 6) is 0.610. The number of anilines is 1. The van der Waals surface area contributed by atoms with Crippen LogP contribution in [0.2, 0.25) is 0 Å². The molecule has 0 bridgehead atoms. The van der Waals surface area contributed by atoms with Crippen molar-refractivity contribution >= 4 is 17.6 Å². The molecule has 2 saturated heterocycles. The molecule has 9 heteroatoms. The van der Waals surface area contributed by atoms with Gasteiger partial charge in [-0.3, -0.25) is 19.4 Å². The fourth-order valence-corrected chi connectivity index (χ4v) is 5.66. The highest BCUT2D eigenvalue weighted by Crippen LogP contribution is 2.24. The Hall–Kier alpha value is -3.04. The van der Waals surface area contributed by atoms with Crippen LogP contribution in [-0.4, -0.2) is 87.8 Å². The van der Waals surface area contributed by atoms with E-state index in [1.807, 2.05) is 4.90 Å².